The molecule has 0 atom stereocenters. The molecule has 0 bridgehead atoms. The Balaban J connectivity index is 2.51. The molecule has 1 aromatic carbocycles. The highest BCUT2D eigenvalue weighted by atomic mass is 15.1. The third-order valence-electron chi connectivity index (χ3n) is 3.05. The topological polar surface area (TPSA) is 8.81 Å². The van der Waals surface area contributed by atoms with E-state index in [1.54, 1.807) is 0 Å². The first-order valence-corrected chi connectivity index (χ1v) is 6.31. The molecular weight excluding hydrogens is 231 g/mol. The lowest BCUT2D eigenvalue weighted by Crippen LogP contribution is -2.49. The second-order valence-corrected chi connectivity index (χ2v) is 4.74. The van der Waals surface area contributed by atoms with Crippen LogP contribution in [0.3, 0.4) is 0 Å². The summed E-state index contributed by atoms with van der Waals surface area (Å²) < 4.78 is 4.77. The lowest BCUT2D eigenvalue weighted by Gasteiger charge is -2.11. The molecule has 2 rings (SSSR count). The minimum Gasteiger partial charge on any atom is -0.268 e. The summed E-state index contributed by atoms with van der Waals surface area (Å²) >= 11 is 0. The predicted molar refractivity (Wildman–Crippen MR) is 84.6 cm³/mol. The maximum atomic E-state index is 2.40. The highest BCUT2D eigenvalue weighted by Crippen LogP contribution is 2.19. The quantitative estimate of drug-likeness (QED) is 0.443. The van der Waals surface area contributed by atoms with Gasteiger partial charge in [0, 0.05) is 0 Å². The number of benzene rings is 1. The minimum absolute atomic E-state index is 0.131. The molecule has 2 aromatic rings. The van der Waals surface area contributed by atoms with Gasteiger partial charge in [-0.15, -0.1) is 0 Å². The van der Waals surface area contributed by atoms with Crippen molar-refractivity contribution in [3.63, 3.8) is 0 Å². The molecule has 0 saturated carbocycles. The number of imidazole rings is 1. The van der Waals surface area contributed by atoms with Crippen LogP contribution in [0.15, 0.2) is 36.7 Å². The fraction of sp³-hybridized carbons (Fsp3) is 0.312. The van der Waals surface area contributed by atoms with Crippen LogP contribution in [0.5, 0.6) is 0 Å². The smallest absolute Gasteiger partial charge is 0.134 e. The van der Waals surface area contributed by atoms with Gasteiger partial charge in [-0.05, 0) is 44.9 Å². The number of rotatable bonds is 3. The van der Waals surface area contributed by atoms with E-state index >= 15 is 0 Å². The zero-order valence-electron chi connectivity index (χ0n) is 11.6. The number of allylic oxidation sites excluding steroid dienone is 2. The molecule has 0 radical (unpaired) electrons. The average Bonchev–Trinajstić information content (AvgIpc) is 2.68. The van der Waals surface area contributed by atoms with Crippen molar-refractivity contribution in [2.45, 2.75) is 34.2 Å². The summed E-state index contributed by atoms with van der Waals surface area (Å²) in [6.07, 6.45) is 8.76. The van der Waals surface area contributed by atoms with Crippen LogP contribution >= 0.6 is 0 Å². The van der Waals surface area contributed by atoms with Crippen LogP contribution in [0.1, 0.15) is 23.6 Å². The van der Waals surface area contributed by atoms with Crippen molar-refractivity contribution >= 4 is 13.6 Å². The van der Waals surface area contributed by atoms with Crippen molar-refractivity contribution in [1.29, 1.82) is 0 Å². The summed E-state index contributed by atoms with van der Waals surface area (Å²) in [5.41, 5.74) is 6.96. The molecule has 19 heavy (non-hydrogen) atoms. The molecule has 1 aromatic heterocycles. The third kappa shape index (κ3) is 2.65. The Morgan fingerprint density at radius 2 is 1.84 bits per heavy atom. The van der Waals surface area contributed by atoms with Gasteiger partial charge in [0.05, 0.1) is 13.6 Å². The molecule has 0 aliphatic heterocycles. The van der Waals surface area contributed by atoms with Crippen molar-refractivity contribution in [1.82, 2.24) is 4.57 Å². The maximum Gasteiger partial charge on any atom is 0.134 e. The summed E-state index contributed by atoms with van der Waals surface area (Å²) in [7, 11) is 0.131. The molecule has 0 saturated heterocycles. The van der Waals surface area contributed by atoms with Gasteiger partial charge in [0.15, 0.2) is 0 Å². The Bertz CT molecular complexity index is 601. The largest absolute Gasteiger partial charge is 0.268 e. The number of aryl methyl sites for hydroxylation is 3. The average molecular weight is 254 g/mol. The van der Waals surface area contributed by atoms with Gasteiger partial charge in [-0.1, -0.05) is 23.8 Å². The Kier molecular flexibility index (Phi) is 3.94. The van der Waals surface area contributed by atoms with Gasteiger partial charge in [0.25, 0.3) is 0 Å². The standard InChI is InChI=1S/C16H23BN2/c1-5-6-7-18-8-9-19(16(18)17)15-13(3)10-12(2)11-14(15)4/h5-6,8-11H,7H2,1-4,17H3/b6-5+. The van der Waals surface area contributed by atoms with Crippen molar-refractivity contribution in [3.05, 3.63) is 53.4 Å². The van der Waals surface area contributed by atoms with Gasteiger partial charge in [0.1, 0.15) is 24.6 Å². The second-order valence-electron chi connectivity index (χ2n) is 4.74. The van der Waals surface area contributed by atoms with E-state index in [-0.39, 0.29) is 7.85 Å². The summed E-state index contributed by atoms with van der Waals surface area (Å²) in [5, 5.41) is 0. The lowest BCUT2D eigenvalue weighted by atomic mass is 10.0. The molecule has 0 unspecified atom stereocenters. The lowest BCUT2D eigenvalue weighted by molar-refractivity contribution is -0.668. The molecule has 1 heterocycles. The van der Waals surface area contributed by atoms with Crippen LogP contribution in [0, 0.1) is 20.8 Å². The molecule has 0 aliphatic rings. The molecular formula is C16H23BN2. The highest BCUT2D eigenvalue weighted by molar-refractivity contribution is 6.28. The van der Waals surface area contributed by atoms with Crippen molar-refractivity contribution in [2.75, 3.05) is 0 Å². The van der Waals surface area contributed by atoms with Crippen molar-refractivity contribution in [2.24, 2.45) is 0 Å². The van der Waals surface area contributed by atoms with Crippen LogP contribution in [0.2, 0.25) is 0 Å². The minimum atomic E-state index is 0.131. The van der Waals surface area contributed by atoms with Gasteiger partial charge in [-0.3, -0.25) is 4.57 Å². The van der Waals surface area contributed by atoms with E-state index in [0.717, 1.165) is 6.54 Å². The zero-order valence-corrected chi connectivity index (χ0v) is 11.6. The Labute approximate surface area is 116 Å². The third-order valence-corrected chi connectivity index (χ3v) is 3.05. The van der Waals surface area contributed by atoms with E-state index in [0.29, 0.717) is 0 Å². The van der Waals surface area contributed by atoms with Crippen LogP contribution in [0.4, 0.5) is 0 Å². The Morgan fingerprint density at radius 3 is 2.42 bits per heavy atom. The van der Waals surface area contributed by atoms with Gasteiger partial charge in [0.2, 0.25) is 0 Å². The molecule has 0 aliphatic carbocycles. The van der Waals surface area contributed by atoms with Crippen LogP contribution in [-0.2, 0) is 6.54 Å². The molecule has 0 spiro atoms. The molecule has 0 amide bonds. The van der Waals surface area contributed by atoms with Crippen LogP contribution in [-0.4, -0.2) is 12.4 Å². The van der Waals surface area contributed by atoms with E-state index in [1.165, 1.54) is 28.1 Å². The first kappa shape index (κ1) is 13.7. The van der Waals surface area contributed by atoms with Gasteiger partial charge >= 0.3 is 0 Å². The number of nitrogens with zero attached hydrogens (tertiary/aromatic N) is 2. The van der Waals surface area contributed by atoms with E-state index in [4.69, 9.17) is 0 Å². The van der Waals surface area contributed by atoms with E-state index in [9.17, 15) is 0 Å². The van der Waals surface area contributed by atoms with Crippen molar-refractivity contribution < 1.29 is 4.57 Å². The van der Waals surface area contributed by atoms with Crippen molar-refractivity contribution in [3.8, 4) is 5.69 Å². The summed E-state index contributed by atoms with van der Waals surface area (Å²) in [6, 6.07) is 4.55. The van der Waals surface area contributed by atoms with Gasteiger partial charge < -0.3 is 0 Å². The number of aromatic nitrogens is 2. The summed E-state index contributed by atoms with van der Waals surface area (Å²) in [6.45, 7) is 9.66. The highest BCUT2D eigenvalue weighted by Gasteiger charge is 2.14. The fourth-order valence-corrected chi connectivity index (χ4v) is 2.35. The molecule has 100 valence electrons. The molecule has 3 heteroatoms. The number of hydrogen-bond acceptors (Lipinski definition) is 0. The van der Waals surface area contributed by atoms with Crippen LogP contribution < -0.4 is 10.3 Å². The first-order valence-electron chi connectivity index (χ1n) is 6.31. The Morgan fingerprint density at radius 1 is 1.21 bits per heavy atom. The zero-order chi connectivity index (χ0) is 14.0. The number of hydrogen-bond donors (Lipinski definition) is 0. The molecule has 0 fully saturated rings. The fourth-order valence-electron chi connectivity index (χ4n) is 2.35. The second kappa shape index (κ2) is 5.47. The monoisotopic (exact) mass is 254 g/mol. The normalized spacial score (nSPS) is 11.4. The Hall–Kier alpha value is -1.77. The summed E-state index contributed by atoms with van der Waals surface area (Å²) in [4.78, 5) is 0. The molecule has 0 N–H and O–H groups in total. The predicted octanol–water partition coefficient (Wildman–Crippen LogP) is 1.26. The van der Waals surface area contributed by atoms with Gasteiger partial charge in [-0.2, -0.15) is 0 Å². The maximum absolute atomic E-state index is 2.40. The SMILES string of the molecule is [BH3-]c1n(-c2c(C)cc(C)cc2C)cc[n+]1C/C=C/C. The first-order chi connectivity index (χ1) is 9.04. The van der Waals surface area contributed by atoms with Gasteiger partial charge in [-0.25, -0.2) is 4.57 Å². The van der Waals surface area contributed by atoms with E-state index in [2.05, 4.69) is 73.5 Å². The summed E-state index contributed by atoms with van der Waals surface area (Å²) in [5.74, 6) is 0. The van der Waals surface area contributed by atoms with E-state index in [1.807, 2.05) is 0 Å². The molecule has 2 nitrogen and oxygen atoms in total. The van der Waals surface area contributed by atoms with Crippen LogP contribution in [0.25, 0.3) is 5.69 Å². The van der Waals surface area contributed by atoms with E-state index < -0.39 is 0 Å².